The minimum atomic E-state index is -3.45. The van der Waals surface area contributed by atoms with E-state index in [-0.39, 0.29) is 0 Å². The van der Waals surface area contributed by atoms with E-state index < -0.39 is 10.0 Å². The summed E-state index contributed by atoms with van der Waals surface area (Å²) in [5.74, 6) is 0.625. The van der Waals surface area contributed by atoms with Gasteiger partial charge in [0.2, 0.25) is 10.0 Å². The Morgan fingerprint density at radius 2 is 1.95 bits per heavy atom. The average Bonchev–Trinajstić information content (AvgIpc) is 2.71. The van der Waals surface area contributed by atoms with E-state index in [2.05, 4.69) is 10.4 Å². The lowest BCUT2D eigenvalue weighted by molar-refractivity contribution is 0.326. The molecule has 0 aromatic carbocycles. The Balaban J connectivity index is 2.07. The summed E-state index contributed by atoms with van der Waals surface area (Å²) in [6.07, 6.45) is 3.20. The summed E-state index contributed by atoms with van der Waals surface area (Å²) in [6.45, 7) is 6.21. The predicted octanol–water partition coefficient (Wildman–Crippen LogP) is 1.05. The van der Waals surface area contributed by atoms with E-state index in [1.165, 1.54) is 4.31 Å². The lowest BCUT2D eigenvalue weighted by Crippen LogP contribution is -2.33. The fourth-order valence-electron chi connectivity index (χ4n) is 2.94. The monoisotopic (exact) mass is 314 g/mol. The van der Waals surface area contributed by atoms with Crippen molar-refractivity contribution in [2.24, 2.45) is 13.0 Å². The van der Waals surface area contributed by atoms with Crippen molar-refractivity contribution in [3.8, 4) is 0 Å². The number of hydrogen-bond acceptors (Lipinski definition) is 4. The van der Waals surface area contributed by atoms with Crippen LogP contribution in [0.5, 0.6) is 0 Å². The van der Waals surface area contributed by atoms with Crippen LogP contribution in [-0.2, 0) is 17.1 Å². The van der Waals surface area contributed by atoms with Gasteiger partial charge in [-0.3, -0.25) is 4.68 Å². The SMILES string of the molecule is Cc1nn(C)c(C)c1S(=O)(=O)N(C)CCC1CCNCC1. The Morgan fingerprint density at radius 3 is 2.48 bits per heavy atom. The van der Waals surface area contributed by atoms with Gasteiger partial charge in [-0.1, -0.05) is 0 Å². The van der Waals surface area contributed by atoms with Crippen LogP contribution in [0, 0.1) is 19.8 Å². The minimum Gasteiger partial charge on any atom is -0.317 e. The molecule has 0 amide bonds. The Labute approximate surface area is 127 Å². The van der Waals surface area contributed by atoms with Gasteiger partial charge in [-0.2, -0.15) is 5.10 Å². The minimum absolute atomic E-state index is 0.359. The molecule has 0 atom stereocenters. The standard InChI is InChI=1S/C14H26N4O2S/c1-11-14(12(2)18(4)16-11)21(19,20)17(3)10-7-13-5-8-15-9-6-13/h13,15H,5-10H2,1-4H3. The number of sulfonamides is 1. The van der Waals surface area contributed by atoms with Crippen molar-refractivity contribution in [2.75, 3.05) is 26.7 Å². The van der Waals surface area contributed by atoms with Crippen LogP contribution < -0.4 is 5.32 Å². The molecular weight excluding hydrogens is 288 g/mol. The number of piperidine rings is 1. The summed E-state index contributed by atoms with van der Waals surface area (Å²) in [4.78, 5) is 0.359. The summed E-state index contributed by atoms with van der Waals surface area (Å²) in [6, 6.07) is 0. The predicted molar refractivity (Wildman–Crippen MR) is 82.7 cm³/mol. The molecule has 0 unspecified atom stereocenters. The third-order valence-corrected chi connectivity index (χ3v) is 6.53. The maximum absolute atomic E-state index is 12.7. The Morgan fingerprint density at radius 1 is 1.33 bits per heavy atom. The topological polar surface area (TPSA) is 67.2 Å². The molecule has 21 heavy (non-hydrogen) atoms. The highest BCUT2D eigenvalue weighted by atomic mass is 32.2. The molecule has 2 heterocycles. The highest BCUT2D eigenvalue weighted by Crippen LogP contribution is 2.23. The molecule has 6 nitrogen and oxygen atoms in total. The summed E-state index contributed by atoms with van der Waals surface area (Å²) in [5.41, 5.74) is 1.27. The van der Waals surface area contributed by atoms with Crippen LogP contribution in [0.3, 0.4) is 0 Å². The molecule has 1 aliphatic rings. The molecule has 0 aliphatic carbocycles. The van der Waals surface area contributed by atoms with Crippen LogP contribution in [0.1, 0.15) is 30.7 Å². The first-order chi connectivity index (χ1) is 9.84. The summed E-state index contributed by atoms with van der Waals surface area (Å²) in [7, 11) is -0.00281. The van der Waals surface area contributed by atoms with Crippen molar-refractivity contribution in [1.29, 1.82) is 0 Å². The fraction of sp³-hybridized carbons (Fsp3) is 0.786. The fourth-order valence-corrected chi connectivity index (χ4v) is 4.52. The molecule has 1 aromatic rings. The molecule has 1 N–H and O–H groups in total. The smallest absolute Gasteiger partial charge is 0.246 e. The molecule has 2 rings (SSSR count). The second kappa shape index (κ2) is 6.46. The van der Waals surface area contributed by atoms with Crippen molar-refractivity contribution >= 4 is 10.0 Å². The van der Waals surface area contributed by atoms with Crippen LogP contribution in [0.25, 0.3) is 0 Å². The molecule has 0 radical (unpaired) electrons. The van der Waals surface area contributed by atoms with E-state index in [1.807, 2.05) is 0 Å². The lowest BCUT2D eigenvalue weighted by Gasteiger charge is -2.25. The van der Waals surface area contributed by atoms with Crippen LogP contribution in [0.4, 0.5) is 0 Å². The van der Waals surface area contributed by atoms with Gasteiger partial charge in [0, 0.05) is 20.6 Å². The Hall–Kier alpha value is -0.920. The average molecular weight is 314 g/mol. The summed E-state index contributed by atoms with van der Waals surface area (Å²) in [5, 5.41) is 7.55. The van der Waals surface area contributed by atoms with E-state index in [9.17, 15) is 8.42 Å². The zero-order chi connectivity index (χ0) is 15.6. The first kappa shape index (κ1) is 16.5. The lowest BCUT2D eigenvalue weighted by atomic mass is 9.95. The number of hydrogen-bond donors (Lipinski definition) is 1. The Kier molecular flexibility index (Phi) is 5.06. The van der Waals surface area contributed by atoms with Gasteiger partial charge >= 0.3 is 0 Å². The second-order valence-corrected chi connectivity index (χ2v) is 7.91. The molecule has 0 saturated carbocycles. The number of nitrogens with one attached hydrogen (secondary N) is 1. The Bertz CT molecular complexity index is 588. The van der Waals surface area contributed by atoms with Crippen LogP contribution in [-0.4, -0.2) is 49.2 Å². The van der Waals surface area contributed by atoms with Crippen molar-refractivity contribution in [3.63, 3.8) is 0 Å². The van der Waals surface area contributed by atoms with E-state index in [0.29, 0.717) is 28.7 Å². The summed E-state index contributed by atoms with van der Waals surface area (Å²) < 4.78 is 28.5. The van der Waals surface area contributed by atoms with Crippen molar-refractivity contribution < 1.29 is 8.42 Å². The molecular formula is C14H26N4O2S. The van der Waals surface area contributed by atoms with E-state index in [1.54, 1.807) is 32.6 Å². The van der Waals surface area contributed by atoms with Crippen LogP contribution in [0.15, 0.2) is 4.90 Å². The first-order valence-electron chi connectivity index (χ1n) is 7.51. The zero-order valence-corrected chi connectivity index (χ0v) is 14.2. The molecule has 1 fully saturated rings. The molecule has 120 valence electrons. The second-order valence-electron chi connectivity index (χ2n) is 5.93. The quantitative estimate of drug-likeness (QED) is 0.882. The van der Waals surface area contributed by atoms with Gasteiger partial charge in [0.05, 0.1) is 11.4 Å². The number of nitrogens with zero attached hydrogens (tertiary/aromatic N) is 3. The van der Waals surface area contributed by atoms with Gasteiger partial charge < -0.3 is 5.32 Å². The van der Waals surface area contributed by atoms with Crippen molar-refractivity contribution in [3.05, 3.63) is 11.4 Å². The molecule has 1 saturated heterocycles. The molecule has 0 bridgehead atoms. The normalized spacial score (nSPS) is 17.6. The van der Waals surface area contributed by atoms with Gasteiger partial charge in [0.1, 0.15) is 4.90 Å². The maximum Gasteiger partial charge on any atom is 0.246 e. The van der Waals surface area contributed by atoms with Crippen molar-refractivity contribution in [2.45, 2.75) is 38.0 Å². The zero-order valence-electron chi connectivity index (χ0n) is 13.4. The first-order valence-corrected chi connectivity index (χ1v) is 8.95. The van der Waals surface area contributed by atoms with Gasteiger partial charge in [0.25, 0.3) is 0 Å². The maximum atomic E-state index is 12.7. The molecule has 0 spiro atoms. The number of rotatable bonds is 5. The van der Waals surface area contributed by atoms with E-state index in [0.717, 1.165) is 32.4 Å². The molecule has 7 heteroatoms. The van der Waals surface area contributed by atoms with Crippen LogP contribution in [0.2, 0.25) is 0 Å². The van der Waals surface area contributed by atoms with Gasteiger partial charge in [0.15, 0.2) is 0 Å². The van der Waals surface area contributed by atoms with Gasteiger partial charge in [-0.05, 0) is 52.1 Å². The van der Waals surface area contributed by atoms with Gasteiger partial charge in [-0.15, -0.1) is 0 Å². The van der Waals surface area contributed by atoms with Gasteiger partial charge in [-0.25, -0.2) is 12.7 Å². The third-order valence-electron chi connectivity index (χ3n) is 4.42. The largest absolute Gasteiger partial charge is 0.317 e. The van der Waals surface area contributed by atoms with Crippen molar-refractivity contribution in [1.82, 2.24) is 19.4 Å². The van der Waals surface area contributed by atoms with Crippen LogP contribution >= 0.6 is 0 Å². The highest BCUT2D eigenvalue weighted by molar-refractivity contribution is 7.89. The molecule has 1 aliphatic heterocycles. The molecule has 1 aromatic heterocycles. The number of aryl methyl sites for hydroxylation is 2. The third kappa shape index (κ3) is 3.46. The highest BCUT2D eigenvalue weighted by Gasteiger charge is 2.28. The number of aromatic nitrogens is 2. The van der Waals surface area contributed by atoms with E-state index in [4.69, 9.17) is 0 Å². The summed E-state index contributed by atoms with van der Waals surface area (Å²) >= 11 is 0. The van der Waals surface area contributed by atoms with E-state index >= 15 is 0 Å².